The maximum Gasteiger partial charge on any atom is 0.243 e. The van der Waals surface area contributed by atoms with E-state index >= 15 is 0 Å². The van der Waals surface area contributed by atoms with Crippen LogP contribution in [0.15, 0.2) is 17.0 Å². The number of hydrogen-bond acceptors (Lipinski definition) is 4. The van der Waals surface area contributed by atoms with E-state index in [2.05, 4.69) is 0 Å². The molecule has 0 atom stereocenters. The normalized spacial score (nSPS) is 16.8. The first-order chi connectivity index (χ1) is 9.87. The maximum absolute atomic E-state index is 13.0. The van der Waals surface area contributed by atoms with E-state index in [1.54, 1.807) is 13.0 Å². The van der Waals surface area contributed by atoms with Crippen LogP contribution in [0, 0.1) is 13.8 Å². The molecule has 0 aliphatic heterocycles. The Kier molecular flexibility index (Phi) is 4.91. The van der Waals surface area contributed by atoms with Crippen LogP contribution in [0.4, 0.5) is 5.69 Å². The van der Waals surface area contributed by atoms with Crippen molar-refractivity contribution < 1.29 is 13.5 Å². The molecule has 6 heteroatoms. The van der Waals surface area contributed by atoms with E-state index in [4.69, 9.17) is 5.73 Å². The molecule has 5 nitrogen and oxygen atoms in total. The number of aliphatic hydroxyl groups is 1. The summed E-state index contributed by atoms with van der Waals surface area (Å²) >= 11 is 0. The van der Waals surface area contributed by atoms with Crippen LogP contribution in [-0.2, 0) is 10.0 Å². The number of hydrogen-bond donors (Lipinski definition) is 2. The molecule has 0 spiro atoms. The van der Waals surface area contributed by atoms with Gasteiger partial charge in [0.25, 0.3) is 0 Å². The monoisotopic (exact) mass is 312 g/mol. The number of anilines is 1. The van der Waals surface area contributed by atoms with Crippen molar-refractivity contribution in [3.8, 4) is 0 Å². The third-order valence-electron chi connectivity index (χ3n) is 4.28. The van der Waals surface area contributed by atoms with Crippen molar-refractivity contribution >= 4 is 15.7 Å². The van der Waals surface area contributed by atoms with E-state index in [1.807, 2.05) is 6.92 Å². The van der Waals surface area contributed by atoms with E-state index in [9.17, 15) is 13.5 Å². The van der Waals surface area contributed by atoms with E-state index in [-0.39, 0.29) is 24.1 Å². The average Bonchev–Trinajstić information content (AvgIpc) is 2.93. The second-order valence-electron chi connectivity index (χ2n) is 5.74. The van der Waals surface area contributed by atoms with Crippen molar-refractivity contribution in [2.45, 2.75) is 50.5 Å². The van der Waals surface area contributed by atoms with Gasteiger partial charge in [-0.2, -0.15) is 4.31 Å². The van der Waals surface area contributed by atoms with Gasteiger partial charge in [-0.05, 0) is 49.9 Å². The van der Waals surface area contributed by atoms with Crippen molar-refractivity contribution in [1.82, 2.24) is 4.31 Å². The number of aliphatic hydroxyl groups excluding tert-OH is 1. The summed E-state index contributed by atoms with van der Waals surface area (Å²) in [6, 6.07) is 3.29. The van der Waals surface area contributed by atoms with Gasteiger partial charge in [-0.15, -0.1) is 0 Å². The molecule has 0 bridgehead atoms. The Labute approximate surface area is 126 Å². The quantitative estimate of drug-likeness (QED) is 0.812. The van der Waals surface area contributed by atoms with Crippen LogP contribution in [0.2, 0.25) is 0 Å². The summed E-state index contributed by atoms with van der Waals surface area (Å²) in [6.07, 6.45) is 3.80. The predicted molar refractivity (Wildman–Crippen MR) is 83.6 cm³/mol. The van der Waals surface area contributed by atoms with Crippen LogP contribution in [0.3, 0.4) is 0 Å². The molecule has 1 aliphatic rings. The fraction of sp³-hybridized carbons (Fsp3) is 0.600. The highest BCUT2D eigenvalue weighted by Gasteiger charge is 2.34. The standard InChI is InChI=1S/C15H24N2O3S/c1-11-9-13(16)10-15(12(11)2)21(19,20)17(7-8-18)14-5-3-4-6-14/h9-10,14,18H,3-8,16H2,1-2H3. The van der Waals surface area contributed by atoms with Crippen LogP contribution >= 0.6 is 0 Å². The summed E-state index contributed by atoms with van der Waals surface area (Å²) < 4.78 is 27.4. The summed E-state index contributed by atoms with van der Waals surface area (Å²) in [4.78, 5) is 0.264. The molecule has 1 saturated carbocycles. The van der Waals surface area contributed by atoms with Gasteiger partial charge < -0.3 is 10.8 Å². The van der Waals surface area contributed by atoms with Crippen LogP contribution in [-0.4, -0.2) is 37.0 Å². The minimum absolute atomic E-state index is 0.0108. The lowest BCUT2D eigenvalue weighted by atomic mass is 10.1. The number of sulfonamides is 1. The highest BCUT2D eigenvalue weighted by molar-refractivity contribution is 7.89. The van der Waals surface area contributed by atoms with Crippen molar-refractivity contribution in [2.75, 3.05) is 18.9 Å². The molecule has 0 heterocycles. The lowest BCUT2D eigenvalue weighted by molar-refractivity contribution is 0.226. The number of benzene rings is 1. The summed E-state index contributed by atoms with van der Waals surface area (Å²) in [5.41, 5.74) is 7.86. The number of nitrogen functional groups attached to an aromatic ring is 1. The molecule has 0 amide bonds. The van der Waals surface area contributed by atoms with Crippen molar-refractivity contribution in [3.05, 3.63) is 23.3 Å². The zero-order valence-corrected chi connectivity index (χ0v) is 13.5. The average molecular weight is 312 g/mol. The minimum Gasteiger partial charge on any atom is -0.399 e. The largest absolute Gasteiger partial charge is 0.399 e. The molecule has 1 aliphatic carbocycles. The molecule has 0 radical (unpaired) electrons. The zero-order valence-electron chi connectivity index (χ0n) is 12.7. The van der Waals surface area contributed by atoms with Gasteiger partial charge in [-0.3, -0.25) is 0 Å². The second kappa shape index (κ2) is 6.34. The molecular weight excluding hydrogens is 288 g/mol. The van der Waals surface area contributed by atoms with E-state index < -0.39 is 10.0 Å². The number of nitrogens with two attached hydrogens (primary N) is 1. The Morgan fingerprint density at radius 1 is 1.29 bits per heavy atom. The molecule has 0 unspecified atom stereocenters. The number of rotatable bonds is 5. The first-order valence-electron chi connectivity index (χ1n) is 7.37. The summed E-state index contributed by atoms with van der Waals surface area (Å²) in [5, 5.41) is 9.25. The Hall–Kier alpha value is -1.11. The van der Waals surface area contributed by atoms with Crippen LogP contribution < -0.4 is 5.73 Å². The predicted octanol–water partition coefficient (Wildman–Crippen LogP) is 1.81. The van der Waals surface area contributed by atoms with Gasteiger partial charge >= 0.3 is 0 Å². The molecule has 1 aromatic rings. The minimum atomic E-state index is -3.63. The van der Waals surface area contributed by atoms with E-state index in [0.717, 1.165) is 36.8 Å². The topological polar surface area (TPSA) is 83.6 Å². The fourth-order valence-electron chi connectivity index (χ4n) is 3.04. The van der Waals surface area contributed by atoms with Crippen LogP contribution in [0.25, 0.3) is 0 Å². The molecular formula is C15H24N2O3S. The lowest BCUT2D eigenvalue weighted by Gasteiger charge is -2.28. The highest BCUT2D eigenvalue weighted by Crippen LogP contribution is 2.31. The summed E-state index contributed by atoms with van der Waals surface area (Å²) in [5.74, 6) is 0. The molecule has 1 aromatic carbocycles. The van der Waals surface area contributed by atoms with Crippen molar-refractivity contribution in [2.24, 2.45) is 0 Å². The summed E-state index contributed by atoms with van der Waals surface area (Å²) in [7, 11) is -3.63. The Morgan fingerprint density at radius 3 is 2.48 bits per heavy atom. The molecule has 21 heavy (non-hydrogen) atoms. The van der Waals surface area contributed by atoms with E-state index in [0.29, 0.717) is 5.69 Å². The van der Waals surface area contributed by atoms with Crippen molar-refractivity contribution in [1.29, 1.82) is 0 Å². The smallest absolute Gasteiger partial charge is 0.243 e. The number of aryl methyl sites for hydroxylation is 1. The molecule has 118 valence electrons. The molecule has 1 fully saturated rings. The Bertz CT molecular complexity index is 608. The Balaban J connectivity index is 2.47. The highest BCUT2D eigenvalue weighted by atomic mass is 32.2. The fourth-order valence-corrected chi connectivity index (χ4v) is 5.05. The molecule has 0 aromatic heterocycles. The summed E-state index contributed by atoms with van der Waals surface area (Å²) in [6.45, 7) is 3.63. The van der Waals surface area contributed by atoms with Gasteiger partial charge in [0.05, 0.1) is 11.5 Å². The van der Waals surface area contributed by atoms with Gasteiger partial charge in [-0.1, -0.05) is 12.8 Å². The molecule has 2 rings (SSSR count). The van der Waals surface area contributed by atoms with Gasteiger partial charge in [-0.25, -0.2) is 8.42 Å². The second-order valence-corrected chi connectivity index (χ2v) is 7.60. The van der Waals surface area contributed by atoms with Gasteiger partial charge in [0.15, 0.2) is 0 Å². The first-order valence-corrected chi connectivity index (χ1v) is 8.81. The molecule has 0 saturated heterocycles. The first kappa shape index (κ1) is 16.3. The van der Waals surface area contributed by atoms with Crippen molar-refractivity contribution in [3.63, 3.8) is 0 Å². The number of nitrogens with zero attached hydrogens (tertiary/aromatic N) is 1. The van der Waals surface area contributed by atoms with Gasteiger partial charge in [0.1, 0.15) is 0 Å². The Morgan fingerprint density at radius 2 is 1.90 bits per heavy atom. The van der Waals surface area contributed by atoms with E-state index in [1.165, 1.54) is 10.4 Å². The van der Waals surface area contributed by atoms with Crippen LogP contribution in [0.1, 0.15) is 36.8 Å². The third kappa shape index (κ3) is 3.22. The van der Waals surface area contributed by atoms with Gasteiger partial charge in [0, 0.05) is 18.3 Å². The third-order valence-corrected chi connectivity index (χ3v) is 6.36. The zero-order chi connectivity index (χ0) is 15.6. The maximum atomic E-state index is 13.0. The van der Waals surface area contributed by atoms with Crippen LogP contribution in [0.5, 0.6) is 0 Å². The van der Waals surface area contributed by atoms with Gasteiger partial charge in [0.2, 0.25) is 10.0 Å². The molecule has 3 N–H and O–H groups in total. The lowest BCUT2D eigenvalue weighted by Crippen LogP contribution is -2.41. The SMILES string of the molecule is Cc1cc(N)cc(S(=O)(=O)N(CCO)C2CCCC2)c1C.